The third-order valence-electron chi connectivity index (χ3n) is 3.82. The van der Waals surface area contributed by atoms with Gasteiger partial charge in [0.05, 0.1) is 0 Å². The summed E-state index contributed by atoms with van der Waals surface area (Å²) in [5.41, 5.74) is 2.43. The fraction of sp³-hybridized carbons (Fsp3) is 0.167. The number of fused-ring (bicyclic) bond motifs is 1. The Morgan fingerprint density at radius 1 is 1.10 bits per heavy atom. The van der Waals surface area contributed by atoms with Crippen molar-refractivity contribution in [1.82, 2.24) is 10.3 Å². The molecule has 1 unspecified atom stereocenters. The quantitative estimate of drug-likeness (QED) is 0.772. The molecule has 0 saturated carbocycles. The maximum Gasteiger partial charge on any atom is 0.0438 e. The second-order valence-electron chi connectivity index (χ2n) is 5.08. The van der Waals surface area contributed by atoms with E-state index in [0.717, 1.165) is 22.4 Å². The molecule has 1 N–H and O–H groups in total. The minimum Gasteiger partial charge on any atom is -0.313 e. The van der Waals surface area contributed by atoms with E-state index in [0.29, 0.717) is 0 Å². The van der Waals surface area contributed by atoms with Gasteiger partial charge in [0, 0.05) is 28.8 Å². The molecule has 1 heterocycles. The lowest BCUT2D eigenvalue weighted by Crippen LogP contribution is -2.19. The molecule has 1 atom stereocenters. The number of hydrogen-bond donors (Lipinski definition) is 1. The number of hydrogen-bond acceptors (Lipinski definition) is 2. The second kappa shape index (κ2) is 6.25. The maximum absolute atomic E-state index is 6.29. The first kappa shape index (κ1) is 14.1. The molecule has 0 bridgehead atoms. The van der Waals surface area contributed by atoms with E-state index in [1.54, 1.807) is 0 Å². The summed E-state index contributed by atoms with van der Waals surface area (Å²) >= 11 is 6.29. The molecule has 0 saturated heterocycles. The van der Waals surface area contributed by atoms with Crippen molar-refractivity contribution < 1.29 is 0 Å². The zero-order chi connectivity index (χ0) is 14.7. The van der Waals surface area contributed by atoms with Crippen molar-refractivity contribution in [3.8, 4) is 0 Å². The van der Waals surface area contributed by atoms with Crippen LogP contribution in [-0.2, 0) is 6.42 Å². The molecule has 0 aliphatic heterocycles. The third kappa shape index (κ3) is 2.92. The van der Waals surface area contributed by atoms with Gasteiger partial charge in [-0.2, -0.15) is 0 Å². The van der Waals surface area contributed by atoms with Gasteiger partial charge < -0.3 is 5.32 Å². The predicted octanol–water partition coefficient (Wildman–Crippen LogP) is 4.39. The van der Waals surface area contributed by atoms with Crippen molar-refractivity contribution in [3.63, 3.8) is 0 Å². The Labute approximate surface area is 129 Å². The molecule has 0 amide bonds. The fourth-order valence-corrected chi connectivity index (χ4v) is 2.92. The van der Waals surface area contributed by atoms with Crippen LogP contribution in [0.25, 0.3) is 10.8 Å². The van der Waals surface area contributed by atoms with Crippen molar-refractivity contribution in [2.75, 3.05) is 7.05 Å². The minimum absolute atomic E-state index is 0.219. The molecule has 2 nitrogen and oxygen atoms in total. The van der Waals surface area contributed by atoms with Gasteiger partial charge in [-0.15, -0.1) is 0 Å². The summed E-state index contributed by atoms with van der Waals surface area (Å²) in [7, 11) is 1.99. The standard InChI is InChI=1S/C18H17ClN2/c1-20-18(11-13-5-2-3-8-17(13)19)16-7-4-6-14-12-21-10-9-15(14)16/h2-10,12,18,20H,11H2,1H3. The third-order valence-corrected chi connectivity index (χ3v) is 4.19. The molecular formula is C18H17ClN2. The van der Waals surface area contributed by atoms with E-state index in [1.165, 1.54) is 10.9 Å². The van der Waals surface area contributed by atoms with Crippen molar-refractivity contribution in [1.29, 1.82) is 0 Å². The molecule has 0 aliphatic carbocycles. The first-order chi connectivity index (χ1) is 10.3. The van der Waals surface area contributed by atoms with Gasteiger partial charge in [0.1, 0.15) is 0 Å². The highest BCUT2D eigenvalue weighted by Gasteiger charge is 2.14. The lowest BCUT2D eigenvalue weighted by atomic mass is 9.95. The van der Waals surface area contributed by atoms with Crippen molar-refractivity contribution in [2.24, 2.45) is 0 Å². The largest absolute Gasteiger partial charge is 0.313 e. The van der Waals surface area contributed by atoms with Gasteiger partial charge in [0.25, 0.3) is 0 Å². The van der Waals surface area contributed by atoms with E-state index in [2.05, 4.69) is 40.6 Å². The Morgan fingerprint density at radius 3 is 2.76 bits per heavy atom. The van der Waals surface area contributed by atoms with E-state index >= 15 is 0 Å². The first-order valence-electron chi connectivity index (χ1n) is 7.03. The molecule has 3 aromatic rings. The summed E-state index contributed by atoms with van der Waals surface area (Å²) in [6, 6.07) is 16.6. The van der Waals surface area contributed by atoms with E-state index in [-0.39, 0.29) is 6.04 Å². The van der Waals surface area contributed by atoms with Crippen LogP contribution in [0.15, 0.2) is 60.9 Å². The van der Waals surface area contributed by atoms with Gasteiger partial charge in [0.15, 0.2) is 0 Å². The number of pyridine rings is 1. The molecule has 0 radical (unpaired) electrons. The number of likely N-dealkylation sites (N-methyl/N-ethyl adjacent to an activating group) is 1. The van der Waals surface area contributed by atoms with Crippen molar-refractivity contribution in [3.05, 3.63) is 77.1 Å². The highest BCUT2D eigenvalue weighted by Crippen LogP contribution is 2.28. The van der Waals surface area contributed by atoms with E-state index < -0.39 is 0 Å². The lowest BCUT2D eigenvalue weighted by molar-refractivity contribution is 0.596. The van der Waals surface area contributed by atoms with Crippen LogP contribution in [0.4, 0.5) is 0 Å². The Morgan fingerprint density at radius 2 is 1.95 bits per heavy atom. The summed E-state index contributed by atoms with van der Waals surface area (Å²) < 4.78 is 0. The van der Waals surface area contributed by atoms with Gasteiger partial charge in [-0.25, -0.2) is 0 Å². The predicted molar refractivity (Wildman–Crippen MR) is 88.7 cm³/mol. The van der Waals surface area contributed by atoms with Gasteiger partial charge >= 0.3 is 0 Å². The van der Waals surface area contributed by atoms with Crippen LogP contribution < -0.4 is 5.32 Å². The summed E-state index contributed by atoms with van der Waals surface area (Å²) in [6.45, 7) is 0. The minimum atomic E-state index is 0.219. The molecule has 3 rings (SSSR count). The molecule has 0 aliphatic rings. The van der Waals surface area contributed by atoms with E-state index in [9.17, 15) is 0 Å². The van der Waals surface area contributed by atoms with Crippen LogP contribution in [0.3, 0.4) is 0 Å². The second-order valence-corrected chi connectivity index (χ2v) is 5.49. The molecule has 3 heteroatoms. The van der Waals surface area contributed by atoms with Gasteiger partial charge in [0.2, 0.25) is 0 Å². The molecule has 0 fully saturated rings. The van der Waals surface area contributed by atoms with Gasteiger partial charge in [-0.1, -0.05) is 48.0 Å². The van der Waals surface area contributed by atoms with Crippen LogP contribution in [-0.4, -0.2) is 12.0 Å². The normalized spacial score (nSPS) is 12.5. The number of halogens is 1. The van der Waals surface area contributed by atoms with Crippen LogP contribution in [0.5, 0.6) is 0 Å². The average Bonchev–Trinajstić information content (AvgIpc) is 2.54. The fourth-order valence-electron chi connectivity index (χ4n) is 2.70. The zero-order valence-corrected chi connectivity index (χ0v) is 12.6. The molecule has 1 aromatic heterocycles. The maximum atomic E-state index is 6.29. The van der Waals surface area contributed by atoms with E-state index in [4.69, 9.17) is 11.6 Å². The van der Waals surface area contributed by atoms with Crippen LogP contribution >= 0.6 is 11.6 Å². The van der Waals surface area contributed by atoms with Crippen LogP contribution in [0.2, 0.25) is 5.02 Å². The Hall–Kier alpha value is -1.90. The Bertz CT molecular complexity index is 750. The SMILES string of the molecule is CNC(Cc1ccccc1Cl)c1cccc2cnccc12. The number of rotatable bonds is 4. The van der Waals surface area contributed by atoms with Crippen molar-refractivity contribution >= 4 is 22.4 Å². The lowest BCUT2D eigenvalue weighted by Gasteiger charge is -2.19. The Kier molecular flexibility index (Phi) is 4.18. The number of aromatic nitrogens is 1. The van der Waals surface area contributed by atoms with Crippen LogP contribution in [0, 0.1) is 0 Å². The van der Waals surface area contributed by atoms with E-state index in [1.807, 2.05) is 37.6 Å². The molecule has 21 heavy (non-hydrogen) atoms. The zero-order valence-electron chi connectivity index (χ0n) is 11.9. The molecule has 0 spiro atoms. The molecule has 106 valence electrons. The van der Waals surface area contributed by atoms with Gasteiger partial charge in [-0.05, 0) is 42.1 Å². The topological polar surface area (TPSA) is 24.9 Å². The number of benzene rings is 2. The summed E-state index contributed by atoms with van der Waals surface area (Å²) in [4.78, 5) is 4.20. The smallest absolute Gasteiger partial charge is 0.0438 e. The summed E-state index contributed by atoms with van der Waals surface area (Å²) in [5.74, 6) is 0. The first-order valence-corrected chi connectivity index (χ1v) is 7.40. The number of nitrogens with one attached hydrogen (secondary N) is 1. The average molecular weight is 297 g/mol. The number of nitrogens with zero attached hydrogens (tertiary/aromatic N) is 1. The van der Waals surface area contributed by atoms with Crippen molar-refractivity contribution in [2.45, 2.75) is 12.5 Å². The Balaban J connectivity index is 2.01. The summed E-state index contributed by atoms with van der Waals surface area (Å²) in [6.07, 6.45) is 4.60. The molecule has 2 aromatic carbocycles. The monoisotopic (exact) mass is 296 g/mol. The van der Waals surface area contributed by atoms with Crippen LogP contribution in [0.1, 0.15) is 17.2 Å². The highest BCUT2D eigenvalue weighted by molar-refractivity contribution is 6.31. The highest BCUT2D eigenvalue weighted by atomic mass is 35.5. The summed E-state index contributed by atoms with van der Waals surface area (Å²) in [5, 5.41) is 6.62. The van der Waals surface area contributed by atoms with Gasteiger partial charge in [-0.3, -0.25) is 4.98 Å². The molecular weight excluding hydrogens is 280 g/mol.